The highest BCUT2D eigenvalue weighted by atomic mass is 19.1. The third-order valence-corrected chi connectivity index (χ3v) is 5.51. The van der Waals surface area contributed by atoms with Crippen molar-refractivity contribution >= 4 is 0 Å². The highest BCUT2D eigenvalue weighted by Gasteiger charge is 2.27. The molecule has 29 heavy (non-hydrogen) atoms. The highest BCUT2D eigenvalue weighted by molar-refractivity contribution is 5.66. The Kier molecular flexibility index (Phi) is 5.49. The third-order valence-electron chi connectivity index (χ3n) is 5.51. The van der Waals surface area contributed by atoms with Gasteiger partial charge in [0.25, 0.3) is 0 Å². The fourth-order valence-corrected chi connectivity index (χ4v) is 4.09. The summed E-state index contributed by atoms with van der Waals surface area (Å²) in [4.78, 5) is 2.25. The Balaban J connectivity index is 1.57. The van der Waals surface area contributed by atoms with Gasteiger partial charge in [-0.05, 0) is 43.7 Å². The van der Waals surface area contributed by atoms with Crippen LogP contribution in [-0.4, -0.2) is 40.4 Å². The van der Waals surface area contributed by atoms with Crippen LogP contribution in [0.5, 0.6) is 11.5 Å². The number of benzene rings is 2. The SMILES string of the molecule is COc1cccc(O)c1CN1CCCC(c2[nH]ncc2-c2ccc(F)cc2F)C1. The average molecular weight is 399 g/mol. The van der Waals surface area contributed by atoms with Crippen molar-refractivity contribution < 1.29 is 18.6 Å². The van der Waals surface area contributed by atoms with Gasteiger partial charge in [-0.2, -0.15) is 5.10 Å². The number of nitrogens with zero attached hydrogens (tertiary/aromatic N) is 2. The number of piperidine rings is 1. The summed E-state index contributed by atoms with van der Waals surface area (Å²) in [5.41, 5.74) is 2.61. The van der Waals surface area contributed by atoms with E-state index in [0.29, 0.717) is 23.4 Å². The molecule has 0 aliphatic carbocycles. The topological polar surface area (TPSA) is 61.4 Å². The van der Waals surface area contributed by atoms with Crippen LogP contribution in [0.2, 0.25) is 0 Å². The lowest BCUT2D eigenvalue weighted by molar-refractivity contribution is 0.194. The third kappa shape index (κ3) is 3.96. The summed E-state index contributed by atoms with van der Waals surface area (Å²) in [6, 6.07) is 8.85. The Morgan fingerprint density at radius 3 is 2.90 bits per heavy atom. The Morgan fingerprint density at radius 1 is 1.24 bits per heavy atom. The van der Waals surface area contributed by atoms with E-state index in [9.17, 15) is 13.9 Å². The van der Waals surface area contributed by atoms with E-state index in [1.54, 1.807) is 25.4 Å². The largest absolute Gasteiger partial charge is 0.507 e. The van der Waals surface area contributed by atoms with Crippen molar-refractivity contribution in [2.24, 2.45) is 0 Å². The molecule has 152 valence electrons. The predicted octanol–water partition coefficient (Wildman–Crippen LogP) is 4.45. The lowest BCUT2D eigenvalue weighted by Gasteiger charge is -2.33. The molecule has 0 bridgehead atoms. The second kappa shape index (κ2) is 8.21. The van der Waals surface area contributed by atoms with Gasteiger partial charge in [-0.25, -0.2) is 8.78 Å². The molecule has 2 heterocycles. The van der Waals surface area contributed by atoms with Crippen LogP contribution in [0.3, 0.4) is 0 Å². The van der Waals surface area contributed by atoms with Crippen molar-refractivity contribution in [3.63, 3.8) is 0 Å². The van der Waals surface area contributed by atoms with Crippen molar-refractivity contribution in [1.82, 2.24) is 15.1 Å². The molecule has 1 saturated heterocycles. The zero-order chi connectivity index (χ0) is 20.4. The van der Waals surface area contributed by atoms with Gasteiger partial charge in [-0.15, -0.1) is 0 Å². The number of H-pyrrole nitrogens is 1. The quantitative estimate of drug-likeness (QED) is 0.666. The molecular weight excluding hydrogens is 376 g/mol. The number of likely N-dealkylation sites (tertiary alicyclic amines) is 1. The molecule has 1 aliphatic heterocycles. The average Bonchev–Trinajstić information content (AvgIpc) is 3.19. The Bertz CT molecular complexity index is 1010. The summed E-state index contributed by atoms with van der Waals surface area (Å²) >= 11 is 0. The van der Waals surface area contributed by atoms with Gasteiger partial charge in [-0.1, -0.05) is 6.07 Å². The van der Waals surface area contributed by atoms with Crippen LogP contribution in [0.1, 0.15) is 30.0 Å². The van der Waals surface area contributed by atoms with Gasteiger partial charge in [0.2, 0.25) is 0 Å². The number of hydrogen-bond donors (Lipinski definition) is 2. The van der Waals surface area contributed by atoms with Crippen LogP contribution in [0, 0.1) is 11.6 Å². The smallest absolute Gasteiger partial charge is 0.134 e. The number of aromatic hydroxyl groups is 1. The second-order valence-corrected chi connectivity index (χ2v) is 7.35. The van der Waals surface area contributed by atoms with E-state index < -0.39 is 11.6 Å². The van der Waals surface area contributed by atoms with E-state index in [4.69, 9.17) is 4.74 Å². The monoisotopic (exact) mass is 399 g/mol. The first kappa shape index (κ1) is 19.4. The molecule has 5 nitrogen and oxygen atoms in total. The number of rotatable bonds is 5. The maximum absolute atomic E-state index is 14.3. The number of halogens is 2. The first-order valence-electron chi connectivity index (χ1n) is 9.62. The molecular formula is C22H23F2N3O2. The molecule has 1 aromatic heterocycles. The molecule has 1 aliphatic rings. The molecule has 0 amide bonds. The van der Waals surface area contributed by atoms with Gasteiger partial charge >= 0.3 is 0 Å². The van der Waals surface area contributed by atoms with Gasteiger partial charge in [0.15, 0.2) is 0 Å². The summed E-state index contributed by atoms with van der Waals surface area (Å²) in [7, 11) is 1.59. The number of nitrogens with one attached hydrogen (secondary N) is 1. The van der Waals surface area contributed by atoms with E-state index in [1.165, 1.54) is 12.1 Å². The summed E-state index contributed by atoms with van der Waals surface area (Å²) in [6.45, 7) is 2.18. The van der Waals surface area contributed by atoms with E-state index in [1.807, 2.05) is 6.07 Å². The van der Waals surface area contributed by atoms with Crippen LogP contribution in [-0.2, 0) is 6.54 Å². The lowest BCUT2D eigenvalue weighted by atomic mass is 9.90. The molecule has 2 aromatic carbocycles. The Labute approximate surface area is 167 Å². The molecule has 1 atom stereocenters. The zero-order valence-corrected chi connectivity index (χ0v) is 16.2. The minimum absolute atomic E-state index is 0.127. The summed E-state index contributed by atoms with van der Waals surface area (Å²) < 4.78 is 33.0. The van der Waals surface area contributed by atoms with Crippen molar-refractivity contribution in [3.8, 4) is 22.6 Å². The van der Waals surface area contributed by atoms with E-state index in [0.717, 1.165) is 43.3 Å². The first-order chi connectivity index (χ1) is 14.1. The molecule has 1 fully saturated rings. The van der Waals surface area contributed by atoms with Crippen LogP contribution >= 0.6 is 0 Å². The Hall–Kier alpha value is -2.93. The van der Waals surface area contributed by atoms with Gasteiger partial charge in [0.1, 0.15) is 23.1 Å². The maximum Gasteiger partial charge on any atom is 0.134 e. The summed E-state index contributed by atoms with van der Waals surface area (Å²) in [5, 5.41) is 17.4. The van der Waals surface area contributed by atoms with Crippen LogP contribution in [0.15, 0.2) is 42.6 Å². The van der Waals surface area contributed by atoms with Crippen molar-refractivity contribution in [2.45, 2.75) is 25.3 Å². The normalized spacial score (nSPS) is 17.4. The molecule has 0 spiro atoms. The second-order valence-electron chi connectivity index (χ2n) is 7.35. The van der Waals surface area contributed by atoms with Crippen LogP contribution in [0.25, 0.3) is 11.1 Å². The molecule has 0 radical (unpaired) electrons. The van der Waals surface area contributed by atoms with Crippen molar-refractivity contribution in [1.29, 1.82) is 0 Å². The summed E-state index contributed by atoms with van der Waals surface area (Å²) in [6.07, 6.45) is 3.49. The minimum atomic E-state index is -0.600. The van der Waals surface area contributed by atoms with Gasteiger partial charge in [0.05, 0.1) is 13.3 Å². The molecule has 1 unspecified atom stereocenters. The number of methoxy groups -OCH3 is 1. The molecule has 4 rings (SSSR count). The zero-order valence-electron chi connectivity index (χ0n) is 16.2. The van der Waals surface area contributed by atoms with E-state index in [-0.39, 0.29) is 11.7 Å². The molecule has 2 N–H and O–H groups in total. The number of phenolic OH excluding ortho intramolecular Hbond substituents is 1. The first-order valence-corrected chi connectivity index (χ1v) is 9.62. The number of hydrogen-bond acceptors (Lipinski definition) is 4. The van der Waals surface area contributed by atoms with Gasteiger partial charge < -0.3 is 9.84 Å². The molecule has 0 saturated carbocycles. The maximum atomic E-state index is 14.3. The van der Waals surface area contributed by atoms with Gasteiger partial charge in [0, 0.05) is 47.5 Å². The highest BCUT2D eigenvalue weighted by Crippen LogP contribution is 2.36. The lowest BCUT2D eigenvalue weighted by Crippen LogP contribution is -2.34. The number of ether oxygens (including phenoxy) is 1. The molecule has 7 heteroatoms. The predicted molar refractivity (Wildman–Crippen MR) is 106 cm³/mol. The van der Waals surface area contributed by atoms with Crippen molar-refractivity contribution in [2.75, 3.05) is 20.2 Å². The standard InChI is InChI=1S/C22H23F2N3O2/c1-29-21-6-2-5-20(28)18(21)13-27-9-3-4-14(12-27)22-17(11-25-26-22)16-8-7-15(23)10-19(16)24/h2,5-8,10-11,14,28H,3-4,9,12-13H2,1H3,(H,25,26). The van der Waals surface area contributed by atoms with E-state index >= 15 is 0 Å². The fourth-order valence-electron chi connectivity index (χ4n) is 4.09. The van der Waals surface area contributed by atoms with E-state index in [2.05, 4.69) is 15.1 Å². The number of phenols is 1. The van der Waals surface area contributed by atoms with Crippen LogP contribution < -0.4 is 4.74 Å². The van der Waals surface area contributed by atoms with Gasteiger partial charge in [-0.3, -0.25) is 10.00 Å². The summed E-state index contributed by atoms with van der Waals surface area (Å²) in [5.74, 6) is -0.205. The minimum Gasteiger partial charge on any atom is -0.507 e. The fraction of sp³-hybridized carbons (Fsp3) is 0.318. The van der Waals surface area contributed by atoms with Crippen molar-refractivity contribution in [3.05, 3.63) is 65.5 Å². The number of aromatic nitrogens is 2. The number of aromatic amines is 1. The molecule has 3 aromatic rings. The Morgan fingerprint density at radius 2 is 2.10 bits per heavy atom. The van der Waals surface area contributed by atoms with Crippen LogP contribution in [0.4, 0.5) is 8.78 Å².